The molecule has 0 saturated heterocycles. The summed E-state index contributed by atoms with van der Waals surface area (Å²) in [6, 6.07) is 10.5. The highest BCUT2D eigenvalue weighted by molar-refractivity contribution is 5.81. The van der Waals surface area contributed by atoms with Crippen molar-refractivity contribution < 1.29 is 0 Å². The van der Waals surface area contributed by atoms with Crippen LogP contribution in [0.3, 0.4) is 0 Å². The number of likely N-dealkylation sites (N-methyl/N-ethyl adjacent to an activating group) is 2. The van der Waals surface area contributed by atoms with Crippen LogP contribution in [0.25, 0.3) is 10.9 Å². The second-order valence-electron chi connectivity index (χ2n) is 4.75. The fourth-order valence-electron chi connectivity index (χ4n) is 2.34. The SMILES string of the molecule is CCNCCN(CC)c1nc2ccccc2cc1C. The molecule has 2 rings (SSSR count). The minimum atomic E-state index is 0.984. The molecule has 102 valence electrons. The third-order valence-electron chi connectivity index (χ3n) is 3.38. The molecule has 0 saturated carbocycles. The van der Waals surface area contributed by atoms with Crippen molar-refractivity contribution in [2.45, 2.75) is 20.8 Å². The largest absolute Gasteiger partial charge is 0.355 e. The van der Waals surface area contributed by atoms with E-state index in [0.29, 0.717) is 0 Å². The summed E-state index contributed by atoms with van der Waals surface area (Å²) in [4.78, 5) is 7.16. The molecule has 19 heavy (non-hydrogen) atoms. The summed E-state index contributed by atoms with van der Waals surface area (Å²) in [5.74, 6) is 1.11. The molecule has 0 amide bonds. The van der Waals surface area contributed by atoms with Gasteiger partial charge >= 0.3 is 0 Å². The molecule has 1 aromatic heterocycles. The first-order valence-electron chi connectivity index (χ1n) is 7.08. The van der Waals surface area contributed by atoms with Gasteiger partial charge in [-0.1, -0.05) is 25.1 Å². The van der Waals surface area contributed by atoms with Crippen molar-refractivity contribution >= 4 is 16.7 Å². The van der Waals surface area contributed by atoms with Crippen LogP contribution >= 0.6 is 0 Å². The van der Waals surface area contributed by atoms with Gasteiger partial charge in [-0.2, -0.15) is 0 Å². The van der Waals surface area contributed by atoms with Gasteiger partial charge in [-0.15, -0.1) is 0 Å². The van der Waals surface area contributed by atoms with Crippen molar-refractivity contribution in [3.8, 4) is 0 Å². The number of nitrogens with one attached hydrogen (secondary N) is 1. The average molecular weight is 257 g/mol. The van der Waals surface area contributed by atoms with Gasteiger partial charge in [0.1, 0.15) is 5.82 Å². The maximum Gasteiger partial charge on any atom is 0.132 e. The normalized spacial score (nSPS) is 10.9. The predicted molar refractivity (Wildman–Crippen MR) is 82.9 cm³/mol. The van der Waals surface area contributed by atoms with Gasteiger partial charge in [0, 0.05) is 25.0 Å². The number of para-hydroxylation sites is 1. The molecular weight excluding hydrogens is 234 g/mol. The van der Waals surface area contributed by atoms with E-state index in [1.165, 1.54) is 10.9 Å². The Morgan fingerprint density at radius 1 is 1.21 bits per heavy atom. The molecule has 3 heteroatoms. The molecule has 0 aliphatic rings. The van der Waals surface area contributed by atoms with E-state index in [-0.39, 0.29) is 0 Å². The molecule has 0 spiro atoms. The number of aryl methyl sites for hydroxylation is 1. The Balaban J connectivity index is 2.28. The number of nitrogens with zero attached hydrogens (tertiary/aromatic N) is 2. The lowest BCUT2D eigenvalue weighted by molar-refractivity contribution is 0.683. The summed E-state index contributed by atoms with van der Waals surface area (Å²) in [5.41, 5.74) is 2.32. The van der Waals surface area contributed by atoms with Crippen LogP contribution < -0.4 is 10.2 Å². The number of aromatic nitrogens is 1. The monoisotopic (exact) mass is 257 g/mol. The van der Waals surface area contributed by atoms with Crippen molar-refractivity contribution in [1.82, 2.24) is 10.3 Å². The van der Waals surface area contributed by atoms with Gasteiger partial charge < -0.3 is 10.2 Å². The van der Waals surface area contributed by atoms with Gasteiger partial charge in [-0.25, -0.2) is 4.98 Å². The van der Waals surface area contributed by atoms with Crippen LogP contribution in [0.5, 0.6) is 0 Å². The molecule has 2 aromatic rings. The number of hydrogen-bond donors (Lipinski definition) is 1. The Morgan fingerprint density at radius 3 is 2.74 bits per heavy atom. The smallest absolute Gasteiger partial charge is 0.132 e. The zero-order chi connectivity index (χ0) is 13.7. The third kappa shape index (κ3) is 3.24. The second kappa shape index (κ2) is 6.53. The first-order valence-corrected chi connectivity index (χ1v) is 7.08. The van der Waals surface area contributed by atoms with Gasteiger partial charge in [0.15, 0.2) is 0 Å². The van der Waals surface area contributed by atoms with Crippen LogP contribution in [0, 0.1) is 6.92 Å². The highest BCUT2D eigenvalue weighted by Crippen LogP contribution is 2.22. The summed E-state index contributed by atoms with van der Waals surface area (Å²) in [5, 5.41) is 4.58. The van der Waals surface area contributed by atoms with E-state index in [1.54, 1.807) is 0 Å². The summed E-state index contributed by atoms with van der Waals surface area (Å²) in [6.07, 6.45) is 0. The molecule has 0 radical (unpaired) electrons. The number of pyridine rings is 1. The fraction of sp³-hybridized carbons (Fsp3) is 0.438. The zero-order valence-electron chi connectivity index (χ0n) is 12.1. The van der Waals surface area contributed by atoms with Crippen molar-refractivity contribution in [3.63, 3.8) is 0 Å². The van der Waals surface area contributed by atoms with Crippen LogP contribution in [-0.4, -0.2) is 31.2 Å². The average Bonchev–Trinajstić information content (AvgIpc) is 2.43. The van der Waals surface area contributed by atoms with Gasteiger partial charge in [-0.05, 0) is 38.1 Å². The van der Waals surface area contributed by atoms with Crippen LogP contribution in [0.4, 0.5) is 5.82 Å². The molecular formula is C16H23N3. The zero-order valence-corrected chi connectivity index (χ0v) is 12.1. The Bertz CT molecular complexity index is 537. The Kier molecular flexibility index (Phi) is 4.74. The van der Waals surface area contributed by atoms with Crippen molar-refractivity contribution in [1.29, 1.82) is 0 Å². The number of hydrogen-bond acceptors (Lipinski definition) is 3. The molecule has 0 aliphatic heterocycles. The molecule has 0 bridgehead atoms. The lowest BCUT2D eigenvalue weighted by Gasteiger charge is -2.24. The van der Waals surface area contributed by atoms with Gasteiger partial charge in [0.2, 0.25) is 0 Å². The van der Waals surface area contributed by atoms with Crippen LogP contribution in [0.1, 0.15) is 19.4 Å². The maximum absolute atomic E-state index is 4.82. The van der Waals surface area contributed by atoms with Crippen LogP contribution in [0.2, 0.25) is 0 Å². The summed E-state index contributed by atoms with van der Waals surface area (Å²) in [6.45, 7) is 10.5. The summed E-state index contributed by atoms with van der Waals surface area (Å²) >= 11 is 0. The highest BCUT2D eigenvalue weighted by Gasteiger charge is 2.10. The third-order valence-corrected chi connectivity index (χ3v) is 3.38. The van der Waals surface area contributed by atoms with E-state index in [2.05, 4.69) is 55.3 Å². The van der Waals surface area contributed by atoms with Crippen molar-refractivity contribution in [3.05, 3.63) is 35.9 Å². The highest BCUT2D eigenvalue weighted by atomic mass is 15.2. The van der Waals surface area contributed by atoms with Crippen LogP contribution in [0.15, 0.2) is 30.3 Å². The van der Waals surface area contributed by atoms with Crippen molar-refractivity contribution in [2.24, 2.45) is 0 Å². The summed E-state index contributed by atoms with van der Waals surface area (Å²) in [7, 11) is 0. The lowest BCUT2D eigenvalue weighted by atomic mass is 10.1. The molecule has 0 aliphatic carbocycles. The molecule has 1 heterocycles. The molecule has 0 fully saturated rings. The number of rotatable bonds is 6. The van der Waals surface area contributed by atoms with Gasteiger partial charge in [0.05, 0.1) is 5.52 Å². The minimum absolute atomic E-state index is 0.984. The van der Waals surface area contributed by atoms with E-state index in [4.69, 9.17) is 4.98 Å². The Morgan fingerprint density at radius 2 is 2.00 bits per heavy atom. The molecule has 0 atom stereocenters. The van der Waals surface area contributed by atoms with E-state index < -0.39 is 0 Å². The fourth-order valence-corrected chi connectivity index (χ4v) is 2.34. The van der Waals surface area contributed by atoms with E-state index in [1.807, 2.05) is 6.07 Å². The summed E-state index contributed by atoms with van der Waals surface area (Å²) < 4.78 is 0. The maximum atomic E-state index is 4.82. The van der Waals surface area contributed by atoms with Gasteiger partial charge in [0.25, 0.3) is 0 Å². The molecule has 1 aromatic carbocycles. The van der Waals surface area contributed by atoms with Crippen LogP contribution in [-0.2, 0) is 0 Å². The quantitative estimate of drug-likeness (QED) is 0.806. The first kappa shape index (κ1) is 13.8. The molecule has 1 N–H and O–H groups in total. The van der Waals surface area contributed by atoms with E-state index >= 15 is 0 Å². The second-order valence-corrected chi connectivity index (χ2v) is 4.75. The standard InChI is InChI=1S/C16H23N3/c1-4-17-10-11-19(5-2)16-13(3)12-14-8-6-7-9-15(14)18-16/h6-9,12,17H,4-5,10-11H2,1-3H3. The van der Waals surface area contributed by atoms with Crippen molar-refractivity contribution in [2.75, 3.05) is 31.1 Å². The minimum Gasteiger partial charge on any atom is -0.355 e. The Labute approximate surface area is 115 Å². The number of anilines is 1. The molecule has 0 unspecified atom stereocenters. The number of benzene rings is 1. The van der Waals surface area contributed by atoms with E-state index in [9.17, 15) is 0 Å². The van der Waals surface area contributed by atoms with Gasteiger partial charge in [-0.3, -0.25) is 0 Å². The topological polar surface area (TPSA) is 28.2 Å². The predicted octanol–water partition coefficient (Wildman–Crippen LogP) is 2.98. The Hall–Kier alpha value is -1.61. The lowest BCUT2D eigenvalue weighted by Crippen LogP contribution is -2.33. The van der Waals surface area contributed by atoms with E-state index in [0.717, 1.165) is 37.5 Å². The number of fused-ring (bicyclic) bond motifs is 1. The molecule has 3 nitrogen and oxygen atoms in total. The first-order chi connectivity index (χ1) is 9.26.